The van der Waals surface area contributed by atoms with Gasteiger partial charge in [-0.15, -0.1) is 0 Å². The lowest BCUT2D eigenvalue weighted by molar-refractivity contribution is 0.479. The molecule has 2 aromatic rings. The molecule has 0 saturated carbocycles. The van der Waals surface area contributed by atoms with E-state index in [1.807, 2.05) is 6.07 Å². The molecule has 0 aliphatic heterocycles. The molecule has 1 aromatic heterocycles. The molecule has 3 heteroatoms. The van der Waals surface area contributed by atoms with Crippen molar-refractivity contribution in [1.82, 2.24) is 4.98 Å². The van der Waals surface area contributed by atoms with Crippen LogP contribution in [0.4, 0.5) is 0 Å². The highest BCUT2D eigenvalue weighted by atomic mass is 16.3. The number of hydrogen-bond acceptors (Lipinski definition) is 3. The first-order valence-electron chi connectivity index (χ1n) is 3.78. The summed E-state index contributed by atoms with van der Waals surface area (Å²) in [4.78, 5) is 3.82. The van der Waals surface area contributed by atoms with Gasteiger partial charge in [-0.3, -0.25) is 4.98 Å². The number of hydrogen-bond donors (Lipinski definition) is 1. The van der Waals surface area contributed by atoms with Crippen LogP contribution < -0.4 is 0 Å². The SMILES string of the molecule is N#Cc1cccc2c(O)cncc12. The summed E-state index contributed by atoms with van der Waals surface area (Å²) < 4.78 is 0. The van der Waals surface area contributed by atoms with Gasteiger partial charge in [-0.25, -0.2) is 0 Å². The van der Waals surface area contributed by atoms with Crippen molar-refractivity contribution in [3.05, 3.63) is 36.2 Å². The summed E-state index contributed by atoms with van der Waals surface area (Å²) in [6, 6.07) is 7.24. The summed E-state index contributed by atoms with van der Waals surface area (Å²) in [7, 11) is 0. The molecule has 0 spiro atoms. The van der Waals surface area contributed by atoms with E-state index in [0.717, 1.165) is 0 Å². The minimum absolute atomic E-state index is 0.106. The van der Waals surface area contributed by atoms with Gasteiger partial charge in [0.2, 0.25) is 0 Å². The smallest absolute Gasteiger partial charge is 0.141 e. The van der Waals surface area contributed by atoms with Crippen LogP contribution in [0.25, 0.3) is 10.8 Å². The van der Waals surface area contributed by atoms with Crippen LogP contribution in [-0.2, 0) is 0 Å². The number of aromatic hydroxyl groups is 1. The lowest BCUT2D eigenvalue weighted by Gasteiger charge is -2.00. The van der Waals surface area contributed by atoms with Crippen LogP contribution in [0.5, 0.6) is 5.75 Å². The molecule has 0 aliphatic rings. The molecule has 0 amide bonds. The Morgan fingerprint density at radius 2 is 2.08 bits per heavy atom. The summed E-state index contributed by atoms with van der Waals surface area (Å²) in [5.41, 5.74) is 0.529. The van der Waals surface area contributed by atoms with Crippen molar-refractivity contribution in [1.29, 1.82) is 5.26 Å². The topological polar surface area (TPSA) is 56.9 Å². The molecule has 1 aromatic carbocycles. The third-order valence-corrected chi connectivity index (χ3v) is 1.90. The molecule has 62 valence electrons. The zero-order valence-electron chi connectivity index (χ0n) is 6.73. The van der Waals surface area contributed by atoms with Crippen LogP contribution in [0.15, 0.2) is 30.6 Å². The molecule has 3 nitrogen and oxygen atoms in total. The molecule has 0 atom stereocenters. The highest BCUT2D eigenvalue weighted by Crippen LogP contribution is 2.24. The zero-order valence-corrected chi connectivity index (χ0v) is 6.73. The van der Waals surface area contributed by atoms with Crippen LogP contribution >= 0.6 is 0 Å². The van der Waals surface area contributed by atoms with E-state index in [-0.39, 0.29) is 5.75 Å². The fourth-order valence-electron chi connectivity index (χ4n) is 1.28. The number of nitrogens with zero attached hydrogens (tertiary/aromatic N) is 2. The quantitative estimate of drug-likeness (QED) is 0.656. The van der Waals surface area contributed by atoms with Crippen LogP contribution in [0.3, 0.4) is 0 Å². The number of aromatic nitrogens is 1. The van der Waals surface area contributed by atoms with Gasteiger partial charge in [-0.2, -0.15) is 5.26 Å². The van der Waals surface area contributed by atoms with Gasteiger partial charge in [0.15, 0.2) is 0 Å². The Labute approximate surface area is 74.9 Å². The van der Waals surface area contributed by atoms with Crippen molar-refractivity contribution in [3.8, 4) is 11.8 Å². The average molecular weight is 170 g/mol. The third-order valence-electron chi connectivity index (χ3n) is 1.90. The minimum atomic E-state index is 0.106. The molecular formula is C10H6N2O. The number of pyridine rings is 1. The van der Waals surface area contributed by atoms with Gasteiger partial charge >= 0.3 is 0 Å². The molecule has 1 heterocycles. The Bertz CT molecular complexity index is 500. The van der Waals surface area contributed by atoms with Crippen LogP contribution in [-0.4, -0.2) is 10.1 Å². The molecule has 0 radical (unpaired) electrons. The monoisotopic (exact) mass is 170 g/mol. The molecule has 0 unspecified atom stereocenters. The molecule has 0 fully saturated rings. The van der Waals surface area contributed by atoms with E-state index in [1.54, 1.807) is 24.4 Å². The molecule has 0 saturated heterocycles. The molecule has 2 rings (SSSR count). The summed E-state index contributed by atoms with van der Waals surface area (Å²) in [5, 5.41) is 19.5. The highest BCUT2D eigenvalue weighted by Gasteiger charge is 2.02. The van der Waals surface area contributed by atoms with Crippen LogP contribution in [0, 0.1) is 11.3 Å². The first kappa shape index (κ1) is 7.56. The molecule has 1 N–H and O–H groups in total. The van der Waals surface area contributed by atoms with Crippen molar-refractivity contribution >= 4 is 10.8 Å². The second-order valence-electron chi connectivity index (χ2n) is 2.67. The summed E-state index contributed by atoms with van der Waals surface area (Å²) in [6.07, 6.45) is 2.94. The van der Waals surface area contributed by atoms with E-state index >= 15 is 0 Å². The Balaban J connectivity index is 2.94. The lowest BCUT2D eigenvalue weighted by atomic mass is 10.1. The van der Waals surface area contributed by atoms with Crippen molar-refractivity contribution in [2.24, 2.45) is 0 Å². The second-order valence-corrected chi connectivity index (χ2v) is 2.67. The van der Waals surface area contributed by atoms with Gasteiger partial charge in [0, 0.05) is 17.0 Å². The summed E-state index contributed by atoms with van der Waals surface area (Å²) >= 11 is 0. The van der Waals surface area contributed by atoms with E-state index in [9.17, 15) is 5.11 Å². The first-order chi connectivity index (χ1) is 6.33. The lowest BCUT2D eigenvalue weighted by Crippen LogP contribution is -1.81. The Hall–Kier alpha value is -2.08. The van der Waals surface area contributed by atoms with Gasteiger partial charge in [-0.1, -0.05) is 12.1 Å². The highest BCUT2D eigenvalue weighted by molar-refractivity contribution is 5.91. The van der Waals surface area contributed by atoms with Gasteiger partial charge < -0.3 is 5.11 Å². The van der Waals surface area contributed by atoms with Crippen molar-refractivity contribution < 1.29 is 5.11 Å². The maximum Gasteiger partial charge on any atom is 0.141 e. The minimum Gasteiger partial charge on any atom is -0.506 e. The number of benzene rings is 1. The predicted molar refractivity (Wildman–Crippen MR) is 48.1 cm³/mol. The van der Waals surface area contributed by atoms with E-state index < -0.39 is 0 Å². The molecular weight excluding hydrogens is 164 g/mol. The maximum atomic E-state index is 9.42. The summed E-state index contributed by atoms with van der Waals surface area (Å²) in [5.74, 6) is 0.106. The number of rotatable bonds is 0. The van der Waals surface area contributed by atoms with Crippen molar-refractivity contribution in [2.45, 2.75) is 0 Å². The fraction of sp³-hybridized carbons (Fsp3) is 0. The average Bonchev–Trinajstić information content (AvgIpc) is 2.18. The van der Waals surface area contributed by atoms with Crippen LogP contribution in [0.2, 0.25) is 0 Å². The van der Waals surface area contributed by atoms with Crippen molar-refractivity contribution in [2.75, 3.05) is 0 Å². The number of nitriles is 1. The first-order valence-corrected chi connectivity index (χ1v) is 3.78. The summed E-state index contributed by atoms with van der Waals surface area (Å²) in [6.45, 7) is 0. The Morgan fingerprint density at radius 1 is 1.23 bits per heavy atom. The Kier molecular flexibility index (Phi) is 1.60. The standard InChI is InChI=1S/C10H6N2O/c11-4-7-2-1-3-8-9(7)5-12-6-10(8)13/h1-3,5-6,13H. The zero-order chi connectivity index (χ0) is 9.26. The van der Waals surface area contributed by atoms with Crippen LogP contribution in [0.1, 0.15) is 5.56 Å². The van der Waals surface area contributed by atoms with Crippen molar-refractivity contribution in [3.63, 3.8) is 0 Å². The van der Waals surface area contributed by atoms with E-state index in [0.29, 0.717) is 16.3 Å². The normalized spacial score (nSPS) is 9.77. The van der Waals surface area contributed by atoms with E-state index in [1.165, 1.54) is 6.20 Å². The Morgan fingerprint density at radius 3 is 2.85 bits per heavy atom. The number of fused-ring (bicyclic) bond motifs is 1. The van der Waals surface area contributed by atoms with Gasteiger partial charge in [0.05, 0.1) is 17.8 Å². The maximum absolute atomic E-state index is 9.42. The second kappa shape index (κ2) is 2.76. The molecule has 13 heavy (non-hydrogen) atoms. The fourth-order valence-corrected chi connectivity index (χ4v) is 1.28. The van der Waals surface area contributed by atoms with E-state index in [2.05, 4.69) is 4.98 Å². The largest absolute Gasteiger partial charge is 0.506 e. The molecule has 0 bridgehead atoms. The van der Waals surface area contributed by atoms with Gasteiger partial charge in [-0.05, 0) is 6.07 Å². The third kappa shape index (κ3) is 1.09. The van der Waals surface area contributed by atoms with E-state index in [4.69, 9.17) is 5.26 Å². The van der Waals surface area contributed by atoms with Gasteiger partial charge in [0.1, 0.15) is 5.75 Å². The predicted octanol–water partition coefficient (Wildman–Crippen LogP) is 1.81. The molecule has 0 aliphatic carbocycles. The van der Waals surface area contributed by atoms with Gasteiger partial charge in [0.25, 0.3) is 0 Å².